The van der Waals surface area contributed by atoms with Crippen molar-refractivity contribution in [2.24, 2.45) is 7.05 Å². The van der Waals surface area contributed by atoms with Gasteiger partial charge in [0.25, 0.3) is 5.91 Å². The average molecular weight is 389 g/mol. The minimum Gasteiger partial charge on any atom is -0.378 e. The number of nitrogens with zero attached hydrogens (tertiary/aromatic N) is 1. The number of rotatable bonds is 3. The molecule has 1 spiro atoms. The molecule has 5 heteroatoms. The van der Waals surface area contributed by atoms with Crippen LogP contribution in [0.3, 0.4) is 0 Å². The summed E-state index contributed by atoms with van der Waals surface area (Å²) in [4.78, 5) is 13.3. The highest BCUT2D eigenvalue weighted by Crippen LogP contribution is 2.51. The van der Waals surface area contributed by atoms with E-state index >= 15 is 0 Å². The second-order valence-electron chi connectivity index (χ2n) is 8.25. The Morgan fingerprint density at radius 3 is 2.62 bits per heavy atom. The summed E-state index contributed by atoms with van der Waals surface area (Å²) >= 11 is 0. The molecule has 2 unspecified atom stereocenters. The molecule has 2 N–H and O–H groups in total. The molecule has 0 radical (unpaired) electrons. The van der Waals surface area contributed by atoms with Gasteiger partial charge < -0.3 is 19.9 Å². The van der Waals surface area contributed by atoms with E-state index in [-0.39, 0.29) is 23.5 Å². The Balaban J connectivity index is 1.53. The van der Waals surface area contributed by atoms with Crippen molar-refractivity contribution in [1.82, 2.24) is 15.2 Å². The predicted molar refractivity (Wildman–Crippen MR) is 114 cm³/mol. The number of aryl methyl sites for hydroxylation is 1. The summed E-state index contributed by atoms with van der Waals surface area (Å²) < 4.78 is 8.04. The van der Waals surface area contributed by atoms with Gasteiger partial charge in [-0.1, -0.05) is 42.5 Å². The molecular formula is C24H27N3O2. The fraction of sp³-hybridized carbons (Fsp3) is 0.375. The molecule has 150 valence electrons. The zero-order chi connectivity index (χ0) is 20.0. The number of piperidine rings is 1. The van der Waals surface area contributed by atoms with Gasteiger partial charge in [-0.2, -0.15) is 0 Å². The van der Waals surface area contributed by atoms with E-state index in [1.165, 1.54) is 11.1 Å². The second kappa shape index (κ2) is 7.01. The Hall–Kier alpha value is -2.63. The van der Waals surface area contributed by atoms with E-state index in [1.807, 2.05) is 41.9 Å². The molecule has 1 aliphatic heterocycles. The molecule has 0 bridgehead atoms. The van der Waals surface area contributed by atoms with E-state index in [4.69, 9.17) is 4.74 Å². The summed E-state index contributed by atoms with van der Waals surface area (Å²) in [6, 6.07) is 18.4. The van der Waals surface area contributed by atoms with E-state index in [0.29, 0.717) is 5.69 Å². The lowest BCUT2D eigenvalue weighted by Crippen LogP contribution is -2.49. The highest BCUT2D eigenvalue weighted by molar-refractivity contribution is 5.99. The predicted octanol–water partition coefficient (Wildman–Crippen LogP) is 3.30. The Labute approximate surface area is 171 Å². The monoisotopic (exact) mass is 389 g/mol. The fourth-order valence-corrected chi connectivity index (χ4v) is 5.52. The van der Waals surface area contributed by atoms with E-state index < -0.39 is 0 Å². The van der Waals surface area contributed by atoms with Gasteiger partial charge in [-0.25, -0.2) is 0 Å². The number of aromatic nitrogens is 1. The SMILES string of the molecule is COC1C(NC(=O)c2cc3ccccc3n2C)c2ccccc2C12CCNCC2. The number of ether oxygens (including phenoxy) is 1. The summed E-state index contributed by atoms with van der Waals surface area (Å²) in [6.45, 7) is 1.94. The number of benzene rings is 2. The van der Waals surface area contributed by atoms with Crippen LogP contribution < -0.4 is 10.6 Å². The minimum absolute atomic E-state index is 0.0482. The number of methoxy groups -OCH3 is 1. The van der Waals surface area contributed by atoms with Gasteiger partial charge in [0.05, 0.1) is 12.1 Å². The Bertz CT molecular complexity index is 1060. The molecule has 2 atom stereocenters. The van der Waals surface area contributed by atoms with Gasteiger partial charge in [0.2, 0.25) is 0 Å². The van der Waals surface area contributed by atoms with Crippen molar-refractivity contribution >= 4 is 16.8 Å². The third-order valence-electron chi connectivity index (χ3n) is 6.90. The van der Waals surface area contributed by atoms with E-state index in [2.05, 4.69) is 34.9 Å². The molecule has 29 heavy (non-hydrogen) atoms. The summed E-state index contributed by atoms with van der Waals surface area (Å²) in [5.74, 6) is -0.0588. The molecule has 1 fully saturated rings. The first-order valence-electron chi connectivity index (χ1n) is 10.3. The molecular weight excluding hydrogens is 362 g/mol. The van der Waals surface area contributed by atoms with Gasteiger partial charge in [0.1, 0.15) is 5.69 Å². The normalized spacial score (nSPS) is 22.7. The molecule has 1 saturated heterocycles. The van der Waals surface area contributed by atoms with E-state index in [0.717, 1.165) is 36.8 Å². The molecule has 1 aromatic heterocycles. The first kappa shape index (κ1) is 18.4. The van der Waals surface area contributed by atoms with Crippen LogP contribution >= 0.6 is 0 Å². The Morgan fingerprint density at radius 2 is 1.86 bits per heavy atom. The van der Waals surface area contributed by atoms with Crippen molar-refractivity contribution < 1.29 is 9.53 Å². The number of amides is 1. The quantitative estimate of drug-likeness (QED) is 0.723. The van der Waals surface area contributed by atoms with Crippen LogP contribution in [-0.2, 0) is 17.2 Å². The molecule has 5 nitrogen and oxygen atoms in total. The van der Waals surface area contributed by atoms with Gasteiger partial charge in [-0.05, 0) is 49.2 Å². The van der Waals surface area contributed by atoms with Crippen LogP contribution in [0, 0.1) is 0 Å². The van der Waals surface area contributed by atoms with Crippen molar-refractivity contribution in [2.45, 2.75) is 30.4 Å². The van der Waals surface area contributed by atoms with Gasteiger partial charge in [-0.3, -0.25) is 4.79 Å². The number of nitrogens with one attached hydrogen (secondary N) is 2. The highest BCUT2D eigenvalue weighted by Gasteiger charge is 2.53. The highest BCUT2D eigenvalue weighted by atomic mass is 16.5. The van der Waals surface area contributed by atoms with Crippen LogP contribution in [0.2, 0.25) is 0 Å². The molecule has 2 heterocycles. The largest absolute Gasteiger partial charge is 0.378 e. The number of fused-ring (bicyclic) bond motifs is 3. The zero-order valence-electron chi connectivity index (χ0n) is 16.9. The van der Waals surface area contributed by atoms with Crippen LogP contribution in [0.4, 0.5) is 0 Å². The van der Waals surface area contributed by atoms with Crippen molar-refractivity contribution in [2.75, 3.05) is 20.2 Å². The molecule has 5 rings (SSSR count). The maximum atomic E-state index is 13.3. The zero-order valence-corrected chi connectivity index (χ0v) is 16.9. The number of carbonyl (C=O) groups excluding carboxylic acids is 1. The van der Waals surface area contributed by atoms with Crippen LogP contribution in [-0.4, -0.2) is 36.8 Å². The first-order valence-corrected chi connectivity index (χ1v) is 10.3. The molecule has 0 saturated carbocycles. The van der Waals surface area contributed by atoms with Gasteiger partial charge in [0.15, 0.2) is 0 Å². The first-order chi connectivity index (χ1) is 14.2. The standard InChI is InChI=1S/C24H27N3O2/c1-27-19-10-6-3-7-16(19)15-20(27)23(28)26-21-17-8-4-5-9-18(17)24(22(21)29-2)11-13-25-14-12-24/h3-10,15,21-22,25H,11-14H2,1-2H3,(H,26,28). The van der Waals surface area contributed by atoms with Crippen LogP contribution in [0.5, 0.6) is 0 Å². The smallest absolute Gasteiger partial charge is 0.268 e. The summed E-state index contributed by atoms with van der Waals surface area (Å²) in [7, 11) is 3.72. The van der Waals surface area contributed by atoms with Gasteiger partial charge >= 0.3 is 0 Å². The van der Waals surface area contributed by atoms with Gasteiger partial charge in [-0.15, -0.1) is 0 Å². The Morgan fingerprint density at radius 1 is 1.14 bits per heavy atom. The molecule has 2 aliphatic rings. The maximum Gasteiger partial charge on any atom is 0.268 e. The van der Waals surface area contributed by atoms with Crippen molar-refractivity contribution in [1.29, 1.82) is 0 Å². The number of hydrogen-bond donors (Lipinski definition) is 2. The number of hydrogen-bond acceptors (Lipinski definition) is 3. The van der Waals surface area contributed by atoms with Crippen LogP contribution in [0.15, 0.2) is 54.6 Å². The van der Waals surface area contributed by atoms with Crippen molar-refractivity contribution in [3.63, 3.8) is 0 Å². The Kier molecular flexibility index (Phi) is 4.45. The molecule has 3 aromatic rings. The molecule has 2 aromatic carbocycles. The van der Waals surface area contributed by atoms with Crippen LogP contribution in [0.1, 0.15) is 40.5 Å². The van der Waals surface area contributed by atoms with E-state index in [1.54, 1.807) is 7.11 Å². The summed E-state index contributed by atoms with van der Waals surface area (Å²) in [5, 5.41) is 7.86. The summed E-state index contributed by atoms with van der Waals surface area (Å²) in [5.41, 5.74) is 4.20. The average Bonchev–Trinajstić information content (AvgIpc) is 3.22. The van der Waals surface area contributed by atoms with Crippen LogP contribution in [0.25, 0.3) is 10.9 Å². The van der Waals surface area contributed by atoms with E-state index in [9.17, 15) is 4.79 Å². The molecule has 1 aliphatic carbocycles. The maximum absolute atomic E-state index is 13.3. The lowest BCUT2D eigenvalue weighted by Gasteiger charge is -2.40. The topological polar surface area (TPSA) is 55.3 Å². The van der Waals surface area contributed by atoms with Crippen molar-refractivity contribution in [3.8, 4) is 0 Å². The fourth-order valence-electron chi connectivity index (χ4n) is 5.52. The lowest BCUT2D eigenvalue weighted by molar-refractivity contribution is 0.00389. The summed E-state index contributed by atoms with van der Waals surface area (Å²) in [6.07, 6.45) is 1.96. The van der Waals surface area contributed by atoms with Crippen molar-refractivity contribution in [3.05, 3.63) is 71.4 Å². The third-order valence-corrected chi connectivity index (χ3v) is 6.90. The lowest BCUT2D eigenvalue weighted by atomic mass is 9.72. The van der Waals surface area contributed by atoms with Gasteiger partial charge in [0, 0.05) is 30.5 Å². The third kappa shape index (κ3) is 2.72. The molecule has 1 amide bonds. The number of carbonyl (C=O) groups is 1. The minimum atomic E-state index is -0.153. The second-order valence-corrected chi connectivity index (χ2v) is 8.25. The number of para-hydroxylation sites is 1.